The fourth-order valence-corrected chi connectivity index (χ4v) is 7.23. The molecule has 48 heavy (non-hydrogen) atoms. The second-order valence-electron chi connectivity index (χ2n) is 13.5. The second-order valence-corrected chi connectivity index (χ2v) is 13.5. The summed E-state index contributed by atoms with van der Waals surface area (Å²) < 4.78 is 10.8. The number of carbonyl (C=O) groups excluding carboxylic acids is 2. The van der Waals surface area contributed by atoms with E-state index >= 15 is 0 Å². The third-order valence-corrected chi connectivity index (χ3v) is 10.1. The smallest absolute Gasteiger partial charge is 0.526 e. The number of ketones is 2. The third kappa shape index (κ3) is 7.74. The lowest BCUT2D eigenvalue weighted by atomic mass is 9.63. The molecule has 14 nitrogen and oxygen atoms in total. The van der Waals surface area contributed by atoms with Crippen LogP contribution in [0.1, 0.15) is 70.4 Å². The predicted molar refractivity (Wildman–Crippen MR) is 176 cm³/mol. The Labute approximate surface area is 278 Å². The van der Waals surface area contributed by atoms with Crippen molar-refractivity contribution < 1.29 is 48.7 Å². The van der Waals surface area contributed by atoms with E-state index < -0.39 is 37.8 Å². The van der Waals surface area contributed by atoms with E-state index in [0.717, 1.165) is 0 Å². The number of Topliss-reactive ketones (excluding diaryl/α,β-unsaturated/α-hetero) is 2. The van der Waals surface area contributed by atoms with Crippen molar-refractivity contribution in [1.82, 2.24) is 0 Å². The van der Waals surface area contributed by atoms with Gasteiger partial charge in [-0.2, -0.15) is 0 Å². The van der Waals surface area contributed by atoms with Crippen LogP contribution >= 0.6 is 0 Å². The summed E-state index contributed by atoms with van der Waals surface area (Å²) in [4.78, 5) is 47.4. The first-order valence-corrected chi connectivity index (χ1v) is 16.2. The second kappa shape index (κ2) is 14.8. The molecule has 4 aliphatic rings. The molecule has 0 unspecified atom stereocenters. The van der Waals surface area contributed by atoms with Crippen molar-refractivity contribution in [1.29, 1.82) is 0 Å². The first-order chi connectivity index (χ1) is 22.7. The number of fused-ring (bicyclic) bond motifs is 2. The summed E-state index contributed by atoms with van der Waals surface area (Å²) in [5.41, 5.74) is 24.9. The summed E-state index contributed by atoms with van der Waals surface area (Å²) in [5, 5.41) is 38.8. The van der Waals surface area contributed by atoms with Gasteiger partial charge in [-0.15, -0.1) is 0 Å². The molecule has 0 aromatic heterocycles. The van der Waals surface area contributed by atoms with Crippen molar-refractivity contribution in [2.75, 3.05) is 0 Å². The molecule has 6 rings (SSSR count). The Kier molecular flexibility index (Phi) is 10.9. The molecule has 0 amide bonds. The summed E-state index contributed by atoms with van der Waals surface area (Å²) >= 11 is 0. The number of carbonyl (C=O) groups is 4. The molecule has 6 atom stereocenters. The SMILES string of the molecule is N[C@H]1CC(C(=O)C[C@H]2Cc3cccc(C(=O)O)c3OB2O)C[C@@H]1N.N[C@H]1CC(C(=O)C[C@H]2Cc3cccc(C(=O)O)c3OB2O)C[C@@H]1N. The molecule has 2 aromatic carbocycles. The van der Waals surface area contributed by atoms with Crippen molar-refractivity contribution in [3.63, 3.8) is 0 Å². The number of aromatic carboxylic acids is 2. The van der Waals surface area contributed by atoms with Crippen molar-refractivity contribution in [3.05, 3.63) is 58.7 Å². The van der Waals surface area contributed by atoms with Gasteiger partial charge < -0.3 is 52.5 Å². The molecule has 2 aromatic rings. The van der Waals surface area contributed by atoms with E-state index in [0.29, 0.717) is 49.7 Å². The molecular formula is C32H42B2N4O10. The van der Waals surface area contributed by atoms with Gasteiger partial charge in [0.2, 0.25) is 0 Å². The van der Waals surface area contributed by atoms with Crippen LogP contribution in [0.4, 0.5) is 0 Å². The standard InChI is InChI=1S/2C16H21BN2O5/c2*18-12-5-9(6-13(12)19)14(20)7-10-4-8-2-1-3-11(16(21)22)15(8)24-17(10)23/h2*1-3,9-10,12-13,23H,4-7,18-19H2,(H,21,22)/t2*10-,12+,13+/m11/s1. The van der Waals surface area contributed by atoms with E-state index in [1.807, 2.05) is 0 Å². The van der Waals surface area contributed by atoms with Crippen molar-refractivity contribution >= 4 is 37.7 Å². The lowest BCUT2D eigenvalue weighted by Gasteiger charge is -2.28. The van der Waals surface area contributed by atoms with Crippen LogP contribution in [0.2, 0.25) is 11.6 Å². The molecule has 2 fully saturated rings. The monoisotopic (exact) mass is 664 g/mol. The third-order valence-electron chi connectivity index (χ3n) is 10.1. The summed E-state index contributed by atoms with van der Waals surface area (Å²) in [5.74, 6) is -2.93. The number of para-hydroxylation sites is 2. The van der Waals surface area contributed by atoms with Gasteiger partial charge in [0.25, 0.3) is 0 Å². The number of rotatable bonds is 8. The Morgan fingerprint density at radius 2 is 0.958 bits per heavy atom. The highest BCUT2D eigenvalue weighted by Gasteiger charge is 2.42. The average molecular weight is 664 g/mol. The Balaban J connectivity index is 0.000000188. The van der Waals surface area contributed by atoms with Crippen LogP contribution in [-0.4, -0.2) is 82.2 Å². The molecule has 16 heteroatoms. The highest BCUT2D eigenvalue weighted by atomic mass is 16.5. The molecule has 12 N–H and O–H groups in total. The predicted octanol–water partition coefficient (Wildman–Crippen LogP) is 0.388. The van der Waals surface area contributed by atoms with E-state index in [4.69, 9.17) is 32.2 Å². The number of carboxylic acid groups (broad SMARTS) is 2. The molecule has 2 heterocycles. The number of carboxylic acids is 2. The molecule has 2 saturated carbocycles. The molecule has 256 valence electrons. The Morgan fingerprint density at radius 3 is 1.27 bits per heavy atom. The van der Waals surface area contributed by atoms with E-state index in [1.54, 1.807) is 24.3 Å². The largest absolute Gasteiger partial charge is 0.535 e. The van der Waals surface area contributed by atoms with Gasteiger partial charge in [0.05, 0.1) is 11.1 Å². The van der Waals surface area contributed by atoms with Crippen LogP contribution in [-0.2, 0) is 22.4 Å². The van der Waals surface area contributed by atoms with Gasteiger partial charge >= 0.3 is 26.2 Å². The van der Waals surface area contributed by atoms with E-state index in [1.165, 1.54) is 12.1 Å². The van der Waals surface area contributed by atoms with Crippen LogP contribution in [0, 0.1) is 11.8 Å². The summed E-state index contributed by atoms with van der Waals surface area (Å²) in [6.45, 7) is 0. The minimum atomic E-state index is -1.20. The van der Waals surface area contributed by atoms with Gasteiger partial charge in [-0.3, -0.25) is 9.59 Å². The summed E-state index contributed by atoms with van der Waals surface area (Å²) in [6, 6.07) is 9.00. The molecule has 0 saturated heterocycles. The van der Waals surface area contributed by atoms with Gasteiger partial charge in [-0.25, -0.2) is 9.59 Å². The van der Waals surface area contributed by atoms with Crippen LogP contribution in [0.5, 0.6) is 11.5 Å². The van der Waals surface area contributed by atoms with E-state index in [2.05, 4.69) is 0 Å². The molecular weight excluding hydrogens is 622 g/mol. The topological polar surface area (TPSA) is 272 Å². The quantitative estimate of drug-likeness (QED) is 0.177. The number of hydrogen-bond acceptors (Lipinski definition) is 12. The van der Waals surface area contributed by atoms with Crippen molar-refractivity contribution in [3.8, 4) is 11.5 Å². The van der Waals surface area contributed by atoms with E-state index in [9.17, 15) is 39.4 Å². The van der Waals surface area contributed by atoms with Crippen molar-refractivity contribution in [2.24, 2.45) is 34.8 Å². The molecule has 0 radical (unpaired) electrons. The van der Waals surface area contributed by atoms with Gasteiger partial charge in [-0.1, -0.05) is 24.3 Å². The van der Waals surface area contributed by atoms with Crippen molar-refractivity contribution in [2.45, 2.75) is 87.2 Å². The van der Waals surface area contributed by atoms with Crippen LogP contribution in [0.25, 0.3) is 0 Å². The molecule has 0 bridgehead atoms. The van der Waals surface area contributed by atoms with Crippen LogP contribution in [0.15, 0.2) is 36.4 Å². The first-order valence-electron chi connectivity index (χ1n) is 16.2. The highest BCUT2D eigenvalue weighted by Crippen LogP contribution is 2.39. The van der Waals surface area contributed by atoms with E-state index in [-0.39, 0.29) is 83.0 Å². The molecule has 2 aliphatic carbocycles. The molecule has 2 aliphatic heterocycles. The maximum atomic E-state index is 12.5. The minimum absolute atomic E-state index is 0.0177. The Hall–Kier alpha value is -3.79. The van der Waals surface area contributed by atoms with Gasteiger partial charge in [0.15, 0.2) is 0 Å². The van der Waals surface area contributed by atoms with Gasteiger partial charge in [0, 0.05) is 60.5 Å². The fourth-order valence-electron chi connectivity index (χ4n) is 7.23. The normalized spacial score (nSPS) is 26.8. The maximum absolute atomic E-state index is 12.5. The summed E-state index contributed by atoms with van der Waals surface area (Å²) in [7, 11) is -2.41. The zero-order valence-electron chi connectivity index (χ0n) is 26.4. The Bertz CT molecular complexity index is 1430. The lowest BCUT2D eigenvalue weighted by Crippen LogP contribution is -2.36. The van der Waals surface area contributed by atoms with Gasteiger partial charge in [-0.05, 0) is 61.8 Å². The zero-order chi connectivity index (χ0) is 34.9. The fraction of sp³-hybridized carbons (Fsp3) is 0.500. The molecule has 0 spiro atoms. The zero-order valence-corrected chi connectivity index (χ0v) is 26.4. The van der Waals surface area contributed by atoms with Crippen LogP contribution < -0.4 is 32.2 Å². The lowest BCUT2D eigenvalue weighted by molar-refractivity contribution is -0.123. The minimum Gasteiger partial charge on any atom is -0.535 e. The maximum Gasteiger partial charge on any atom is 0.526 e. The highest BCUT2D eigenvalue weighted by molar-refractivity contribution is 6.47. The Morgan fingerprint density at radius 1 is 0.625 bits per heavy atom. The van der Waals surface area contributed by atoms with Gasteiger partial charge in [0.1, 0.15) is 23.1 Å². The number of benzene rings is 2. The van der Waals surface area contributed by atoms with Crippen LogP contribution in [0.3, 0.4) is 0 Å². The number of nitrogens with two attached hydrogens (primary N) is 4. The first kappa shape index (κ1) is 35.5. The summed E-state index contributed by atoms with van der Waals surface area (Å²) in [6.07, 6.45) is 3.42. The number of hydrogen-bond donors (Lipinski definition) is 8. The average Bonchev–Trinajstić information content (AvgIpc) is 3.56.